The average Bonchev–Trinajstić information content (AvgIpc) is 3.03. The molecule has 0 aliphatic carbocycles. The highest BCUT2D eigenvalue weighted by atomic mass is 16.6. The summed E-state index contributed by atoms with van der Waals surface area (Å²) in [6, 6.07) is 5.46. The lowest BCUT2D eigenvalue weighted by atomic mass is 9.96. The average molecular weight is 495 g/mol. The van der Waals surface area contributed by atoms with Gasteiger partial charge in [-0.2, -0.15) is 9.97 Å². The van der Waals surface area contributed by atoms with Crippen LogP contribution in [0.5, 0.6) is 0 Å². The molecule has 36 heavy (non-hydrogen) atoms. The number of aryl methyl sites for hydroxylation is 1. The summed E-state index contributed by atoms with van der Waals surface area (Å²) in [4.78, 5) is 31.6. The second-order valence-corrected chi connectivity index (χ2v) is 11.0. The summed E-state index contributed by atoms with van der Waals surface area (Å²) in [6.45, 7) is 17.8. The standard InChI is InChI=1S/C28H42N6O2/c1-9-22-24(33(7)18-28(4,5)6)30-27(31-25(22)34-15-10-11-19(2)14-16-34)29-23-17-21(13-12-20(23)3)26(35)32-36-8/h9,12-13,17,19H,1,10-11,14-16,18H2,2-8H3,(H,32,35)(H,29,30,31). The highest BCUT2D eigenvalue weighted by Crippen LogP contribution is 2.34. The van der Waals surface area contributed by atoms with Crippen LogP contribution in [0.4, 0.5) is 23.3 Å². The minimum absolute atomic E-state index is 0.0869. The summed E-state index contributed by atoms with van der Waals surface area (Å²) in [5.41, 5.74) is 5.65. The summed E-state index contributed by atoms with van der Waals surface area (Å²) in [5.74, 6) is 2.63. The van der Waals surface area contributed by atoms with Crippen LogP contribution in [-0.2, 0) is 4.84 Å². The van der Waals surface area contributed by atoms with Crippen molar-refractivity contribution in [3.63, 3.8) is 0 Å². The van der Waals surface area contributed by atoms with Gasteiger partial charge in [-0.15, -0.1) is 0 Å². The monoisotopic (exact) mass is 494 g/mol. The van der Waals surface area contributed by atoms with Crippen LogP contribution in [0.15, 0.2) is 24.8 Å². The summed E-state index contributed by atoms with van der Waals surface area (Å²) < 4.78 is 0. The maximum Gasteiger partial charge on any atom is 0.274 e. The second-order valence-electron chi connectivity index (χ2n) is 11.0. The van der Waals surface area contributed by atoms with Crippen molar-refractivity contribution in [1.82, 2.24) is 15.4 Å². The largest absolute Gasteiger partial charge is 0.358 e. The first kappa shape index (κ1) is 27.5. The molecule has 0 radical (unpaired) electrons. The van der Waals surface area contributed by atoms with Crippen LogP contribution < -0.4 is 20.6 Å². The van der Waals surface area contributed by atoms with Gasteiger partial charge in [0.15, 0.2) is 0 Å². The molecule has 3 rings (SSSR count). The fraction of sp³-hybridized carbons (Fsp3) is 0.536. The molecule has 1 fully saturated rings. The van der Waals surface area contributed by atoms with E-state index in [0.717, 1.165) is 60.9 Å². The van der Waals surface area contributed by atoms with Gasteiger partial charge in [0, 0.05) is 37.9 Å². The summed E-state index contributed by atoms with van der Waals surface area (Å²) in [6.07, 6.45) is 5.37. The molecule has 1 aromatic heterocycles. The molecule has 1 aromatic carbocycles. The van der Waals surface area contributed by atoms with Gasteiger partial charge >= 0.3 is 0 Å². The molecular formula is C28H42N6O2. The normalized spacial score (nSPS) is 16.3. The predicted molar refractivity (Wildman–Crippen MR) is 149 cm³/mol. The maximum atomic E-state index is 12.3. The van der Waals surface area contributed by atoms with Gasteiger partial charge in [0.05, 0.1) is 12.7 Å². The number of rotatable bonds is 8. The Bertz CT molecular complexity index is 1080. The number of nitrogens with one attached hydrogen (secondary N) is 2. The number of carbonyl (C=O) groups is 1. The zero-order chi connectivity index (χ0) is 26.5. The van der Waals surface area contributed by atoms with E-state index in [2.05, 4.69) is 61.9 Å². The molecule has 2 N–H and O–H groups in total. The van der Waals surface area contributed by atoms with Crippen LogP contribution in [0.3, 0.4) is 0 Å². The fourth-order valence-corrected chi connectivity index (χ4v) is 4.65. The Labute approximate surface area is 216 Å². The number of carbonyl (C=O) groups excluding carboxylic acids is 1. The molecular weight excluding hydrogens is 452 g/mol. The Morgan fingerprint density at radius 3 is 2.69 bits per heavy atom. The molecule has 0 spiro atoms. The number of hydrogen-bond donors (Lipinski definition) is 2. The van der Waals surface area contributed by atoms with E-state index in [1.165, 1.54) is 13.5 Å². The van der Waals surface area contributed by atoms with Crippen LogP contribution in [-0.4, -0.2) is 49.7 Å². The van der Waals surface area contributed by atoms with Crippen LogP contribution in [0.2, 0.25) is 0 Å². The Kier molecular flexibility index (Phi) is 8.95. The molecule has 196 valence electrons. The third-order valence-electron chi connectivity index (χ3n) is 6.44. The number of nitrogens with zero attached hydrogens (tertiary/aromatic N) is 4. The molecule has 0 saturated carbocycles. The minimum Gasteiger partial charge on any atom is -0.358 e. The molecule has 1 aliphatic heterocycles. The molecule has 2 heterocycles. The highest BCUT2D eigenvalue weighted by molar-refractivity contribution is 5.94. The van der Waals surface area contributed by atoms with Crippen molar-refractivity contribution in [2.45, 2.75) is 53.9 Å². The van der Waals surface area contributed by atoms with E-state index >= 15 is 0 Å². The molecule has 0 bridgehead atoms. The molecule has 1 amide bonds. The summed E-state index contributed by atoms with van der Waals surface area (Å²) in [5, 5.41) is 3.39. The highest BCUT2D eigenvalue weighted by Gasteiger charge is 2.24. The molecule has 1 saturated heterocycles. The van der Waals surface area contributed by atoms with Crippen molar-refractivity contribution >= 4 is 35.3 Å². The lowest BCUT2D eigenvalue weighted by Crippen LogP contribution is -2.32. The van der Waals surface area contributed by atoms with E-state index in [0.29, 0.717) is 17.4 Å². The van der Waals surface area contributed by atoms with Gasteiger partial charge < -0.3 is 15.1 Å². The van der Waals surface area contributed by atoms with Gasteiger partial charge in [0.2, 0.25) is 5.95 Å². The van der Waals surface area contributed by atoms with Crippen molar-refractivity contribution in [3.8, 4) is 0 Å². The van der Waals surface area contributed by atoms with Crippen molar-refractivity contribution in [2.75, 3.05) is 48.9 Å². The molecule has 1 unspecified atom stereocenters. The smallest absolute Gasteiger partial charge is 0.274 e. The topological polar surface area (TPSA) is 82.6 Å². The van der Waals surface area contributed by atoms with E-state index in [9.17, 15) is 4.79 Å². The van der Waals surface area contributed by atoms with Crippen LogP contribution >= 0.6 is 0 Å². The van der Waals surface area contributed by atoms with Crippen LogP contribution in [0.25, 0.3) is 6.08 Å². The van der Waals surface area contributed by atoms with Crippen molar-refractivity contribution in [1.29, 1.82) is 0 Å². The summed E-state index contributed by atoms with van der Waals surface area (Å²) >= 11 is 0. The molecule has 1 aliphatic rings. The quantitative estimate of drug-likeness (QED) is 0.464. The first-order chi connectivity index (χ1) is 17.0. The molecule has 8 heteroatoms. The minimum atomic E-state index is -0.312. The Balaban J connectivity index is 2.08. The maximum absolute atomic E-state index is 12.3. The Morgan fingerprint density at radius 2 is 2.03 bits per heavy atom. The van der Waals surface area contributed by atoms with Gasteiger partial charge in [-0.05, 0) is 55.2 Å². The first-order valence-electron chi connectivity index (χ1n) is 12.7. The zero-order valence-electron chi connectivity index (χ0n) is 22.9. The molecule has 1 atom stereocenters. The number of hydroxylamine groups is 1. The van der Waals surface area contributed by atoms with Crippen molar-refractivity contribution < 1.29 is 9.63 Å². The Morgan fingerprint density at radius 1 is 1.28 bits per heavy atom. The van der Waals surface area contributed by atoms with Gasteiger partial charge in [-0.25, -0.2) is 5.48 Å². The summed E-state index contributed by atoms with van der Waals surface area (Å²) in [7, 11) is 3.49. The third kappa shape index (κ3) is 6.97. The predicted octanol–water partition coefficient (Wildman–Crippen LogP) is 5.57. The molecule has 2 aromatic rings. The van der Waals surface area contributed by atoms with E-state index in [-0.39, 0.29) is 11.3 Å². The first-order valence-corrected chi connectivity index (χ1v) is 12.7. The van der Waals surface area contributed by atoms with Gasteiger partial charge in [0.1, 0.15) is 11.6 Å². The van der Waals surface area contributed by atoms with Crippen LogP contribution in [0, 0.1) is 18.3 Å². The molecule has 8 nitrogen and oxygen atoms in total. The number of aromatic nitrogens is 2. The SMILES string of the molecule is C=Cc1c(N(C)CC(C)(C)C)nc(Nc2cc(C(=O)NOC)ccc2C)nc1N1CCCC(C)CC1. The zero-order valence-corrected chi connectivity index (χ0v) is 22.9. The van der Waals surface area contributed by atoms with Gasteiger partial charge in [-0.3, -0.25) is 9.63 Å². The van der Waals surface area contributed by atoms with E-state index < -0.39 is 0 Å². The second kappa shape index (κ2) is 11.7. The number of anilines is 4. The van der Waals surface area contributed by atoms with Gasteiger partial charge in [0.25, 0.3) is 5.91 Å². The van der Waals surface area contributed by atoms with Crippen LogP contribution in [0.1, 0.15) is 68.4 Å². The van der Waals surface area contributed by atoms with E-state index in [4.69, 9.17) is 14.8 Å². The number of benzene rings is 1. The van der Waals surface area contributed by atoms with E-state index in [1.807, 2.05) is 19.1 Å². The van der Waals surface area contributed by atoms with Crippen molar-refractivity contribution in [3.05, 3.63) is 41.5 Å². The third-order valence-corrected chi connectivity index (χ3v) is 6.44. The number of amides is 1. The lowest BCUT2D eigenvalue weighted by Gasteiger charge is -2.31. The fourth-order valence-electron chi connectivity index (χ4n) is 4.65. The van der Waals surface area contributed by atoms with Gasteiger partial charge in [-0.1, -0.05) is 46.4 Å². The van der Waals surface area contributed by atoms with E-state index in [1.54, 1.807) is 12.1 Å². The lowest BCUT2D eigenvalue weighted by molar-refractivity contribution is 0.0537. The number of hydrogen-bond acceptors (Lipinski definition) is 7. The Hall–Kier alpha value is -3.13. The van der Waals surface area contributed by atoms with Crippen molar-refractivity contribution in [2.24, 2.45) is 11.3 Å².